The van der Waals surface area contributed by atoms with E-state index in [2.05, 4.69) is 13.8 Å². The lowest BCUT2D eigenvalue weighted by atomic mass is 9.47. The number of rotatable bonds is 5. The van der Waals surface area contributed by atoms with E-state index < -0.39 is 18.1 Å². The largest absolute Gasteiger partial charge is 0.467 e. The van der Waals surface area contributed by atoms with Gasteiger partial charge in [-0.25, -0.2) is 4.79 Å². The van der Waals surface area contributed by atoms with Gasteiger partial charge in [0.25, 0.3) is 0 Å². The maximum absolute atomic E-state index is 12.8. The number of aliphatic hydroxyl groups excluding tert-OH is 1. The highest BCUT2D eigenvalue weighted by molar-refractivity contribution is 5.91. The summed E-state index contributed by atoms with van der Waals surface area (Å²) in [6.07, 6.45) is 8.81. The summed E-state index contributed by atoms with van der Waals surface area (Å²) >= 11 is 0. The van der Waals surface area contributed by atoms with E-state index in [-0.39, 0.29) is 60.4 Å². The maximum Gasteiger partial charge on any atom is 0.328 e. The lowest BCUT2D eigenvalue weighted by Crippen LogP contribution is -2.51. The zero-order valence-corrected chi connectivity index (χ0v) is 22.4. The summed E-state index contributed by atoms with van der Waals surface area (Å²) in [4.78, 5) is 51.0. The molecule has 1 saturated heterocycles. The Balaban J connectivity index is 1.19. The molecular formula is C29H41NO7. The number of carbonyl (C=O) groups is 4. The van der Waals surface area contributed by atoms with Crippen LogP contribution in [0.1, 0.15) is 84.5 Å². The molecule has 1 aliphatic heterocycles. The number of hydrogen-bond acceptors (Lipinski definition) is 7. The monoisotopic (exact) mass is 515 g/mol. The number of fused-ring (bicyclic) bond motifs is 5. The molecule has 5 rings (SSSR count). The van der Waals surface area contributed by atoms with Crippen LogP contribution in [0.3, 0.4) is 0 Å². The van der Waals surface area contributed by atoms with Crippen molar-refractivity contribution in [1.82, 2.24) is 4.90 Å². The van der Waals surface area contributed by atoms with Crippen molar-refractivity contribution in [2.75, 3.05) is 13.7 Å². The first-order valence-electron chi connectivity index (χ1n) is 14.1. The molecule has 1 heterocycles. The van der Waals surface area contributed by atoms with Crippen molar-refractivity contribution >= 4 is 23.6 Å². The van der Waals surface area contributed by atoms with Crippen LogP contribution in [0.2, 0.25) is 0 Å². The fourth-order valence-corrected chi connectivity index (χ4v) is 8.72. The highest BCUT2D eigenvalue weighted by atomic mass is 16.5. The molecule has 4 aliphatic carbocycles. The highest BCUT2D eigenvalue weighted by Crippen LogP contribution is 2.65. The molecule has 0 bridgehead atoms. The molecule has 1 amide bonds. The van der Waals surface area contributed by atoms with Gasteiger partial charge < -0.3 is 19.5 Å². The summed E-state index contributed by atoms with van der Waals surface area (Å²) in [7, 11) is 1.26. The third-order valence-corrected chi connectivity index (χ3v) is 10.8. The van der Waals surface area contributed by atoms with Crippen molar-refractivity contribution < 1.29 is 33.8 Å². The number of β-amino-alcohol motifs (C(OH)–C–C–N with tert-alkyl or cyclic N) is 1. The molecule has 37 heavy (non-hydrogen) atoms. The topological polar surface area (TPSA) is 110 Å². The average Bonchev–Trinajstić information content (AvgIpc) is 3.42. The van der Waals surface area contributed by atoms with Gasteiger partial charge in [-0.2, -0.15) is 0 Å². The number of nitrogens with zero attached hydrogens (tertiary/aromatic N) is 1. The first-order valence-corrected chi connectivity index (χ1v) is 14.1. The van der Waals surface area contributed by atoms with Gasteiger partial charge in [-0.3, -0.25) is 14.4 Å². The first-order chi connectivity index (χ1) is 17.6. The molecule has 8 heteroatoms. The number of allylic oxidation sites excluding steroid dienone is 1. The van der Waals surface area contributed by atoms with Gasteiger partial charge in [0, 0.05) is 31.2 Å². The van der Waals surface area contributed by atoms with Crippen molar-refractivity contribution in [3.63, 3.8) is 0 Å². The minimum atomic E-state index is -0.803. The Labute approximate surface area is 219 Å². The number of hydrogen-bond donors (Lipinski definition) is 1. The molecule has 204 valence electrons. The normalized spacial score (nSPS) is 40.8. The number of aliphatic hydroxyl groups is 1. The third-order valence-electron chi connectivity index (χ3n) is 10.8. The van der Waals surface area contributed by atoms with Crippen LogP contribution in [-0.2, 0) is 28.7 Å². The predicted molar refractivity (Wildman–Crippen MR) is 134 cm³/mol. The Bertz CT molecular complexity index is 1010. The van der Waals surface area contributed by atoms with E-state index in [1.54, 1.807) is 0 Å². The molecule has 4 fully saturated rings. The second-order valence-corrected chi connectivity index (χ2v) is 12.5. The minimum absolute atomic E-state index is 0.0388. The summed E-state index contributed by atoms with van der Waals surface area (Å²) in [5.74, 6) is 0.703. The van der Waals surface area contributed by atoms with E-state index in [0.717, 1.165) is 44.9 Å². The second-order valence-electron chi connectivity index (χ2n) is 12.5. The van der Waals surface area contributed by atoms with Crippen LogP contribution >= 0.6 is 0 Å². The van der Waals surface area contributed by atoms with Gasteiger partial charge in [-0.05, 0) is 74.2 Å². The lowest BCUT2D eigenvalue weighted by Gasteiger charge is -2.57. The number of ether oxygens (including phenoxy) is 2. The number of amides is 1. The average molecular weight is 516 g/mol. The van der Waals surface area contributed by atoms with E-state index in [4.69, 9.17) is 9.47 Å². The highest BCUT2D eigenvalue weighted by Gasteiger charge is 2.60. The van der Waals surface area contributed by atoms with E-state index in [1.165, 1.54) is 17.6 Å². The molecule has 8 atom stereocenters. The number of esters is 2. The van der Waals surface area contributed by atoms with Crippen LogP contribution in [0.15, 0.2) is 11.6 Å². The zero-order valence-electron chi connectivity index (χ0n) is 22.4. The van der Waals surface area contributed by atoms with Crippen molar-refractivity contribution in [2.24, 2.45) is 28.6 Å². The molecule has 5 aliphatic rings. The molecule has 0 aromatic heterocycles. The number of methoxy groups -OCH3 is 1. The summed E-state index contributed by atoms with van der Waals surface area (Å²) in [6, 6.07) is -0.803. The van der Waals surface area contributed by atoms with Crippen molar-refractivity contribution in [2.45, 2.75) is 103 Å². The van der Waals surface area contributed by atoms with Crippen LogP contribution in [-0.4, -0.2) is 65.5 Å². The Kier molecular flexibility index (Phi) is 7.01. The molecule has 0 aromatic rings. The molecule has 0 unspecified atom stereocenters. The fraction of sp³-hybridized carbons (Fsp3) is 0.793. The predicted octanol–water partition coefficient (Wildman–Crippen LogP) is 3.35. The van der Waals surface area contributed by atoms with Crippen molar-refractivity contribution in [3.05, 3.63) is 11.6 Å². The second kappa shape index (κ2) is 9.83. The molecule has 8 nitrogen and oxygen atoms in total. The molecule has 0 aromatic carbocycles. The number of ketones is 1. The van der Waals surface area contributed by atoms with Gasteiger partial charge in [-0.1, -0.05) is 19.4 Å². The summed E-state index contributed by atoms with van der Waals surface area (Å²) in [5.41, 5.74) is 1.43. The van der Waals surface area contributed by atoms with Crippen LogP contribution in [0.5, 0.6) is 0 Å². The van der Waals surface area contributed by atoms with Gasteiger partial charge in [-0.15, -0.1) is 0 Å². The summed E-state index contributed by atoms with van der Waals surface area (Å²) in [5, 5.41) is 9.93. The minimum Gasteiger partial charge on any atom is -0.467 e. The first kappa shape index (κ1) is 26.4. The van der Waals surface area contributed by atoms with E-state index in [1.807, 2.05) is 6.08 Å². The molecular weight excluding hydrogens is 474 g/mol. The summed E-state index contributed by atoms with van der Waals surface area (Å²) < 4.78 is 10.8. The summed E-state index contributed by atoms with van der Waals surface area (Å²) in [6.45, 7) is 4.73. The Morgan fingerprint density at radius 2 is 1.84 bits per heavy atom. The van der Waals surface area contributed by atoms with Crippen LogP contribution in [0.4, 0.5) is 0 Å². The van der Waals surface area contributed by atoms with Crippen molar-refractivity contribution in [1.29, 1.82) is 0 Å². The fourth-order valence-electron chi connectivity index (χ4n) is 8.72. The molecule has 3 saturated carbocycles. The Morgan fingerprint density at radius 3 is 2.59 bits per heavy atom. The van der Waals surface area contributed by atoms with Crippen molar-refractivity contribution in [3.8, 4) is 0 Å². The van der Waals surface area contributed by atoms with Gasteiger partial charge >= 0.3 is 11.9 Å². The van der Waals surface area contributed by atoms with Gasteiger partial charge in [0.15, 0.2) is 5.78 Å². The zero-order chi connectivity index (χ0) is 26.5. The van der Waals surface area contributed by atoms with Gasteiger partial charge in [0.05, 0.1) is 19.6 Å². The Morgan fingerprint density at radius 1 is 1.05 bits per heavy atom. The molecule has 0 radical (unpaired) electrons. The van der Waals surface area contributed by atoms with Crippen LogP contribution < -0.4 is 0 Å². The molecule has 1 N–H and O–H groups in total. The number of carbonyl (C=O) groups excluding carboxylic acids is 4. The van der Waals surface area contributed by atoms with E-state index >= 15 is 0 Å². The number of likely N-dealkylation sites (tertiary alicyclic amines) is 1. The van der Waals surface area contributed by atoms with Gasteiger partial charge in [0.1, 0.15) is 12.1 Å². The quantitative estimate of drug-likeness (QED) is 0.559. The lowest BCUT2D eigenvalue weighted by molar-refractivity contribution is -0.161. The van der Waals surface area contributed by atoms with Gasteiger partial charge in [0.2, 0.25) is 5.91 Å². The smallest absolute Gasteiger partial charge is 0.328 e. The van der Waals surface area contributed by atoms with E-state index in [0.29, 0.717) is 24.2 Å². The van der Waals surface area contributed by atoms with Crippen LogP contribution in [0, 0.1) is 28.6 Å². The molecule has 0 spiro atoms. The SMILES string of the molecule is COC(=O)[C@@H]1C[C@@H](O)CN1C(=O)CCC(=O)O[C@@H]1CC[C@H]2[C@@H]3CCC4=CC(=O)CC[C@]4(C)[C@H]3CC[C@]12C. The van der Waals surface area contributed by atoms with E-state index in [9.17, 15) is 24.3 Å². The maximum atomic E-state index is 12.8. The third kappa shape index (κ3) is 4.53. The Hall–Kier alpha value is -2.22. The van der Waals surface area contributed by atoms with Crippen LogP contribution in [0.25, 0.3) is 0 Å². The standard InChI is InChI=1S/C29H41NO7/c1-28-12-10-18(31)14-17(28)4-5-20-21-6-7-24(29(21,2)13-11-22(20)28)37-26(34)9-8-25(33)30-16-19(32)15-23(30)27(35)36-3/h14,19-24,32H,4-13,15-16H2,1-3H3/t19-,20+,21+,22+,23+,24-,28+,29+/m1/s1.